The average Bonchev–Trinajstić information content (AvgIpc) is 3.17. The third-order valence-electron chi connectivity index (χ3n) is 4.54. The molecule has 0 saturated heterocycles. The standard InChI is InChI=1S/C21H18FN5O/c1-26(12-8-15-6-9-23-10-7-15)21(28)18-14-27-13-11-24-19(20(27)25-18)16-2-4-17(22)5-3-16/h2-7,9-11,13-14H,8,12H2,1H3. The fourth-order valence-corrected chi connectivity index (χ4v) is 2.98. The summed E-state index contributed by atoms with van der Waals surface area (Å²) in [6.45, 7) is 0.569. The SMILES string of the molecule is CN(CCc1ccncc1)C(=O)c1cn2ccnc(-c3ccc(F)cc3)c2n1. The fraction of sp³-hybridized carbons (Fsp3) is 0.143. The van der Waals surface area contributed by atoms with Gasteiger partial charge >= 0.3 is 0 Å². The van der Waals surface area contributed by atoms with Crippen LogP contribution in [-0.4, -0.2) is 43.8 Å². The van der Waals surface area contributed by atoms with Gasteiger partial charge in [-0.15, -0.1) is 0 Å². The van der Waals surface area contributed by atoms with E-state index in [1.165, 1.54) is 12.1 Å². The molecule has 0 spiro atoms. The summed E-state index contributed by atoms with van der Waals surface area (Å²) in [5.41, 5.74) is 3.35. The molecule has 6 nitrogen and oxygen atoms in total. The predicted octanol–water partition coefficient (Wildman–Crippen LogP) is 3.25. The second-order valence-electron chi connectivity index (χ2n) is 6.47. The van der Waals surface area contributed by atoms with Gasteiger partial charge in [0, 0.05) is 50.1 Å². The molecule has 0 fully saturated rings. The summed E-state index contributed by atoms with van der Waals surface area (Å²) in [6, 6.07) is 9.92. The van der Waals surface area contributed by atoms with Crippen molar-refractivity contribution in [3.8, 4) is 11.3 Å². The maximum atomic E-state index is 13.2. The van der Waals surface area contributed by atoms with Crippen molar-refractivity contribution in [3.63, 3.8) is 0 Å². The Labute approximate surface area is 161 Å². The van der Waals surface area contributed by atoms with Gasteiger partial charge in [-0.25, -0.2) is 9.37 Å². The Hall–Kier alpha value is -3.61. The first-order chi connectivity index (χ1) is 13.6. The van der Waals surface area contributed by atoms with E-state index < -0.39 is 0 Å². The van der Waals surface area contributed by atoms with Gasteiger partial charge in [-0.1, -0.05) is 0 Å². The molecule has 4 aromatic rings. The van der Waals surface area contributed by atoms with Gasteiger partial charge in [0.2, 0.25) is 0 Å². The van der Waals surface area contributed by atoms with Crippen LogP contribution < -0.4 is 0 Å². The molecule has 3 heterocycles. The van der Waals surface area contributed by atoms with Crippen LogP contribution in [0, 0.1) is 5.82 Å². The van der Waals surface area contributed by atoms with E-state index in [1.54, 1.807) is 59.5 Å². The number of halogens is 1. The Balaban J connectivity index is 1.58. The molecule has 3 aromatic heterocycles. The van der Waals surface area contributed by atoms with Crippen LogP contribution in [0.2, 0.25) is 0 Å². The lowest BCUT2D eigenvalue weighted by Gasteiger charge is -2.15. The number of imidazole rings is 1. The molecule has 0 aliphatic heterocycles. The van der Waals surface area contributed by atoms with Gasteiger partial charge in [-0.3, -0.25) is 14.8 Å². The minimum Gasteiger partial charge on any atom is -0.340 e. The minimum absolute atomic E-state index is 0.164. The van der Waals surface area contributed by atoms with Gasteiger partial charge < -0.3 is 9.30 Å². The number of fused-ring (bicyclic) bond motifs is 1. The Morgan fingerprint density at radius 3 is 2.61 bits per heavy atom. The largest absolute Gasteiger partial charge is 0.340 e. The molecule has 0 saturated carbocycles. The number of pyridine rings is 1. The molecule has 1 amide bonds. The quantitative estimate of drug-likeness (QED) is 0.537. The zero-order chi connectivity index (χ0) is 19.5. The van der Waals surface area contributed by atoms with E-state index in [0.29, 0.717) is 23.6 Å². The highest BCUT2D eigenvalue weighted by molar-refractivity contribution is 5.93. The Morgan fingerprint density at radius 2 is 1.86 bits per heavy atom. The maximum absolute atomic E-state index is 13.2. The van der Waals surface area contributed by atoms with Crippen molar-refractivity contribution in [2.24, 2.45) is 0 Å². The van der Waals surface area contributed by atoms with Gasteiger partial charge in [0.15, 0.2) is 5.65 Å². The molecule has 0 bridgehead atoms. The summed E-state index contributed by atoms with van der Waals surface area (Å²) >= 11 is 0. The molecule has 7 heteroatoms. The van der Waals surface area contributed by atoms with E-state index >= 15 is 0 Å². The van der Waals surface area contributed by atoms with E-state index in [2.05, 4.69) is 15.0 Å². The molecule has 0 atom stereocenters. The molecule has 0 N–H and O–H groups in total. The molecule has 140 valence electrons. The van der Waals surface area contributed by atoms with Crippen LogP contribution in [0.1, 0.15) is 16.1 Å². The van der Waals surface area contributed by atoms with E-state index in [1.807, 2.05) is 12.1 Å². The van der Waals surface area contributed by atoms with Gasteiger partial charge in [0.25, 0.3) is 5.91 Å². The summed E-state index contributed by atoms with van der Waals surface area (Å²) in [7, 11) is 1.76. The van der Waals surface area contributed by atoms with E-state index in [-0.39, 0.29) is 11.7 Å². The van der Waals surface area contributed by atoms with Gasteiger partial charge in [0.1, 0.15) is 17.2 Å². The molecule has 1 aromatic carbocycles. The first-order valence-electron chi connectivity index (χ1n) is 8.86. The number of hydrogen-bond donors (Lipinski definition) is 0. The number of rotatable bonds is 5. The lowest BCUT2D eigenvalue weighted by atomic mass is 10.1. The second kappa shape index (κ2) is 7.56. The molecule has 28 heavy (non-hydrogen) atoms. The fourth-order valence-electron chi connectivity index (χ4n) is 2.98. The molecule has 0 radical (unpaired) electrons. The first-order valence-corrected chi connectivity index (χ1v) is 8.86. The minimum atomic E-state index is -0.314. The lowest BCUT2D eigenvalue weighted by molar-refractivity contribution is 0.0791. The zero-order valence-corrected chi connectivity index (χ0v) is 15.3. The highest BCUT2D eigenvalue weighted by atomic mass is 19.1. The van der Waals surface area contributed by atoms with Crippen molar-refractivity contribution < 1.29 is 9.18 Å². The molecule has 0 aliphatic rings. The topological polar surface area (TPSA) is 63.4 Å². The van der Waals surface area contributed by atoms with E-state index in [9.17, 15) is 9.18 Å². The Bertz CT molecular complexity index is 1110. The molecular weight excluding hydrogens is 357 g/mol. The third kappa shape index (κ3) is 3.59. The van der Waals surface area contributed by atoms with E-state index in [4.69, 9.17) is 0 Å². The van der Waals surface area contributed by atoms with Gasteiger partial charge in [-0.2, -0.15) is 0 Å². The van der Waals surface area contributed by atoms with Crippen LogP contribution in [0.4, 0.5) is 4.39 Å². The van der Waals surface area contributed by atoms with Crippen molar-refractivity contribution in [1.29, 1.82) is 0 Å². The first kappa shape index (κ1) is 17.8. The smallest absolute Gasteiger partial charge is 0.273 e. The molecule has 0 unspecified atom stereocenters. The van der Waals surface area contributed by atoms with Crippen molar-refractivity contribution in [2.45, 2.75) is 6.42 Å². The van der Waals surface area contributed by atoms with Crippen molar-refractivity contribution in [2.75, 3.05) is 13.6 Å². The molecule has 0 aliphatic carbocycles. The number of amides is 1. The summed E-state index contributed by atoms with van der Waals surface area (Å²) in [5, 5.41) is 0. The van der Waals surface area contributed by atoms with Gasteiger partial charge in [-0.05, 0) is 48.4 Å². The van der Waals surface area contributed by atoms with Crippen LogP contribution >= 0.6 is 0 Å². The summed E-state index contributed by atoms with van der Waals surface area (Å²) in [5.74, 6) is -0.478. The highest BCUT2D eigenvalue weighted by Crippen LogP contribution is 2.22. The number of nitrogens with zero attached hydrogens (tertiary/aromatic N) is 5. The second-order valence-corrected chi connectivity index (χ2v) is 6.47. The Kier molecular flexibility index (Phi) is 4.80. The number of likely N-dealkylation sites (N-methyl/N-ethyl adjacent to an activating group) is 1. The number of carbonyl (C=O) groups excluding carboxylic acids is 1. The monoisotopic (exact) mass is 375 g/mol. The van der Waals surface area contributed by atoms with Crippen LogP contribution in [0.25, 0.3) is 16.9 Å². The van der Waals surface area contributed by atoms with Crippen LogP contribution in [0.15, 0.2) is 67.4 Å². The molecule has 4 rings (SSSR count). The van der Waals surface area contributed by atoms with Crippen molar-refractivity contribution in [3.05, 3.63) is 84.5 Å². The molecular formula is C21H18FN5O. The van der Waals surface area contributed by atoms with Crippen molar-refractivity contribution in [1.82, 2.24) is 24.3 Å². The van der Waals surface area contributed by atoms with Crippen LogP contribution in [-0.2, 0) is 6.42 Å². The average molecular weight is 375 g/mol. The number of carbonyl (C=O) groups is 1. The summed E-state index contributed by atoms with van der Waals surface area (Å²) in [4.78, 5) is 27.3. The summed E-state index contributed by atoms with van der Waals surface area (Å²) < 4.78 is 15.0. The number of hydrogen-bond acceptors (Lipinski definition) is 4. The normalized spacial score (nSPS) is 10.9. The number of aromatic nitrogens is 4. The number of benzene rings is 1. The van der Waals surface area contributed by atoms with E-state index in [0.717, 1.165) is 17.5 Å². The predicted molar refractivity (Wildman–Crippen MR) is 103 cm³/mol. The summed E-state index contributed by atoms with van der Waals surface area (Å²) in [6.07, 6.45) is 9.28. The third-order valence-corrected chi connectivity index (χ3v) is 4.54. The van der Waals surface area contributed by atoms with Gasteiger partial charge in [0.05, 0.1) is 0 Å². The lowest BCUT2D eigenvalue weighted by Crippen LogP contribution is -2.29. The highest BCUT2D eigenvalue weighted by Gasteiger charge is 2.17. The van der Waals surface area contributed by atoms with Crippen LogP contribution in [0.5, 0.6) is 0 Å². The van der Waals surface area contributed by atoms with Crippen LogP contribution in [0.3, 0.4) is 0 Å². The maximum Gasteiger partial charge on any atom is 0.273 e. The van der Waals surface area contributed by atoms with Crippen molar-refractivity contribution >= 4 is 11.6 Å². The Morgan fingerprint density at radius 1 is 1.11 bits per heavy atom. The zero-order valence-electron chi connectivity index (χ0n) is 15.3.